The van der Waals surface area contributed by atoms with Gasteiger partial charge in [0.1, 0.15) is 5.75 Å². The van der Waals surface area contributed by atoms with Crippen molar-refractivity contribution in [2.45, 2.75) is 20.8 Å². The molecular weight excluding hydrogens is 432 g/mol. The Kier molecular flexibility index (Phi) is 8.12. The lowest BCUT2D eigenvalue weighted by Gasteiger charge is -2.10. The zero-order chi connectivity index (χ0) is 24.5. The molecule has 0 aliphatic rings. The van der Waals surface area contributed by atoms with Crippen LogP contribution in [0.2, 0.25) is 0 Å². The summed E-state index contributed by atoms with van der Waals surface area (Å²) in [7, 11) is 0. The van der Waals surface area contributed by atoms with Crippen LogP contribution in [0.1, 0.15) is 22.3 Å². The first-order chi connectivity index (χ1) is 16.3. The number of aryl methyl sites for hydroxylation is 2. The smallest absolute Gasteiger partial charge is 0.329 e. The number of rotatable bonds is 7. The zero-order valence-corrected chi connectivity index (χ0v) is 19.2. The van der Waals surface area contributed by atoms with Crippen molar-refractivity contribution in [2.75, 3.05) is 17.2 Å². The number of carbonyl (C=O) groups excluding carboxylic acids is 3. The van der Waals surface area contributed by atoms with Gasteiger partial charge < -0.3 is 15.4 Å². The van der Waals surface area contributed by atoms with Crippen LogP contribution in [-0.2, 0) is 14.4 Å². The van der Waals surface area contributed by atoms with Gasteiger partial charge in [-0.25, -0.2) is 5.43 Å². The summed E-state index contributed by atoms with van der Waals surface area (Å²) < 4.78 is 5.61. The molecule has 3 N–H and O–H groups in total. The lowest BCUT2D eigenvalue weighted by molar-refractivity contribution is -0.136. The van der Waals surface area contributed by atoms with E-state index < -0.39 is 11.8 Å². The highest BCUT2D eigenvalue weighted by molar-refractivity contribution is 6.39. The van der Waals surface area contributed by atoms with Crippen molar-refractivity contribution >= 4 is 35.3 Å². The first kappa shape index (κ1) is 24.2. The second kappa shape index (κ2) is 11.4. The summed E-state index contributed by atoms with van der Waals surface area (Å²) in [6, 6.07) is 19.8. The number of hydrazone groups is 1. The van der Waals surface area contributed by atoms with Gasteiger partial charge in [0, 0.05) is 16.9 Å². The van der Waals surface area contributed by atoms with Crippen LogP contribution in [0, 0.1) is 20.8 Å². The molecule has 3 rings (SSSR count). The summed E-state index contributed by atoms with van der Waals surface area (Å²) in [5.74, 6) is -1.65. The van der Waals surface area contributed by atoms with Crippen LogP contribution >= 0.6 is 0 Å². The van der Waals surface area contributed by atoms with Gasteiger partial charge in [0.25, 0.3) is 5.91 Å². The second-order valence-electron chi connectivity index (χ2n) is 7.64. The van der Waals surface area contributed by atoms with E-state index in [1.54, 1.807) is 36.4 Å². The molecule has 3 amide bonds. The number of nitrogens with zero attached hydrogens (tertiary/aromatic N) is 1. The third kappa shape index (κ3) is 6.77. The summed E-state index contributed by atoms with van der Waals surface area (Å²) >= 11 is 0. The van der Waals surface area contributed by atoms with E-state index in [9.17, 15) is 14.4 Å². The van der Waals surface area contributed by atoms with Crippen LogP contribution in [0.15, 0.2) is 71.8 Å². The van der Waals surface area contributed by atoms with Crippen molar-refractivity contribution in [2.24, 2.45) is 5.10 Å². The number of carbonyl (C=O) groups is 3. The zero-order valence-electron chi connectivity index (χ0n) is 19.2. The Morgan fingerprint density at radius 1 is 0.853 bits per heavy atom. The van der Waals surface area contributed by atoms with Crippen LogP contribution in [0.25, 0.3) is 0 Å². The normalized spacial score (nSPS) is 10.6. The topological polar surface area (TPSA) is 109 Å². The van der Waals surface area contributed by atoms with Crippen molar-refractivity contribution in [3.63, 3.8) is 0 Å². The minimum absolute atomic E-state index is 0.205. The Balaban J connectivity index is 1.54. The third-order valence-electron chi connectivity index (χ3n) is 5.04. The number of anilines is 2. The maximum atomic E-state index is 12.2. The number of hydrogen-bond donors (Lipinski definition) is 3. The van der Waals surface area contributed by atoms with Gasteiger partial charge in [-0.2, -0.15) is 5.10 Å². The summed E-state index contributed by atoms with van der Waals surface area (Å²) in [5, 5.41) is 9.17. The number of amides is 3. The first-order valence-corrected chi connectivity index (χ1v) is 10.6. The molecule has 3 aromatic carbocycles. The first-order valence-electron chi connectivity index (χ1n) is 10.6. The van der Waals surface area contributed by atoms with Gasteiger partial charge in [-0.05, 0) is 62.2 Å². The van der Waals surface area contributed by atoms with Crippen LogP contribution in [0.4, 0.5) is 11.4 Å². The van der Waals surface area contributed by atoms with E-state index in [0.29, 0.717) is 22.7 Å². The third-order valence-corrected chi connectivity index (χ3v) is 5.04. The predicted octanol–water partition coefficient (Wildman–Crippen LogP) is 3.72. The molecule has 8 nitrogen and oxygen atoms in total. The molecule has 174 valence electrons. The standard InChI is InChI=1S/C26H26N4O4/c1-17-11-13-21(14-12-17)28-24(31)16-34-23-10-5-4-8-20(23)15-27-30-26(33)25(32)29-22-9-6-7-18(2)19(22)3/h4-15H,16H2,1-3H3,(H,28,31)(H,29,32)(H,30,33)/b27-15-. The molecule has 0 saturated carbocycles. The van der Waals surface area contributed by atoms with Gasteiger partial charge >= 0.3 is 11.8 Å². The van der Waals surface area contributed by atoms with E-state index in [-0.39, 0.29) is 12.5 Å². The van der Waals surface area contributed by atoms with Gasteiger partial charge in [0.05, 0.1) is 6.21 Å². The minimum atomic E-state index is -0.909. The molecule has 0 heterocycles. The molecule has 0 aliphatic carbocycles. The monoisotopic (exact) mass is 458 g/mol. The molecule has 3 aromatic rings. The van der Waals surface area contributed by atoms with E-state index in [1.807, 2.05) is 51.1 Å². The Bertz CT molecular complexity index is 1220. The minimum Gasteiger partial charge on any atom is -0.483 e. The molecule has 0 spiro atoms. The van der Waals surface area contributed by atoms with Gasteiger partial charge in [-0.15, -0.1) is 0 Å². The van der Waals surface area contributed by atoms with Gasteiger partial charge in [-0.1, -0.05) is 42.0 Å². The predicted molar refractivity (Wildman–Crippen MR) is 132 cm³/mol. The van der Waals surface area contributed by atoms with Crippen molar-refractivity contribution in [3.8, 4) is 5.75 Å². The Morgan fingerprint density at radius 2 is 1.59 bits per heavy atom. The highest BCUT2D eigenvalue weighted by Crippen LogP contribution is 2.18. The van der Waals surface area contributed by atoms with Crippen molar-refractivity contribution in [1.29, 1.82) is 0 Å². The fourth-order valence-electron chi connectivity index (χ4n) is 2.97. The lowest BCUT2D eigenvalue weighted by atomic mass is 10.1. The molecule has 0 aromatic heterocycles. The van der Waals surface area contributed by atoms with E-state index >= 15 is 0 Å². The van der Waals surface area contributed by atoms with Gasteiger partial charge in [0.15, 0.2) is 6.61 Å². The SMILES string of the molecule is Cc1ccc(NC(=O)COc2ccccc2/C=N\NC(=O)C(=O)Nc2cccc(C)c2C)cc1. The molecule has 0 saturated heterocycles. The molecule has 0 bridgehead atoms. The van der Waals surface area contributed by atoms with Crippen molar-refractivity contribution in [1.82, 2.24) is 5.43 Å². The maximum absolute atomic E-state index is 12.2. The second-order valence-corrected chi connectivity index (χ2v) is 7.64. The van der Waals surface area contributed by atoms with Gasteiger partial charge in [0.2, 0.25) is 0 Å². The number of ether oxygens (including phenoxy) is 1. The average Bonchev–Trinajstić information content (AvgIpc) is 2.82. The summed E-state index contributed by atoms with van der Waals surface area (Å²) in [6.45, 7) is 5.54. The summed E-state index contributed by atoms with van der Waals surface area (Å²) in [5.41, 5.74) is 6.94. The fraction of sp³-hybridized carbons (Fsp3) is 0.154. The Morgan fingerprint density at radius 3 is 2.35 bits per heavy atom. The average molecular weight is 459 g/mol. The molecular formula is C26H26N4O4. The van der Waals surface area contributed by atoms with Gasteiger partial charge in [-0.3, -0.25) is 14.4 Å². The summed E-state index contributed by atoms with van der Waals surface area (Å²) in [4.78, 5) is 36.5. The highest BCUT2D eigenvalue weighted by Gasteiger charge is 2.14. The van der Waals surface area contributed by atoms with Crippen molar-refractivity contribution in [3.05, 3.63) is 89.0 Å². The van der Waals surface area contributed by atoms with Crippen LogP contribution in [0.5, 0.6) is 5.75 Å². The lowest BCUT2D eigenvalue weighted by Crippen LogP contribution is -2.32. The fourth-order valence-corrected chi connectivity index (χ4v) is 2.97. The molecule has 0 unspecified atom stereocenters. The molecule has 0 fully saturated rings. The van der Waals surface area contributed by atoms with Crippen LogP contribution in [0.3, 0.4) is 0 Å². The number of para-hydroxylation sites is 1. The molecule has 0 atom stereocenters. The van der Waals surface area contributed by atoms with E-state index in [1.165, 1.54) is 6.21 Å². The highest BCUT2D eigenvalue weighted by atomic mass is 16.5. The van der Waals surface area contributed by atoms with Crippen LogP contribution < -0.4 is 20.8 Å². The molecule has 0 radical (unpaired) electrons. The molecule has 8 heteroatoms. The number of nitrogens with one attached hydrogen (secondary N) is 3. The van der Waals surface area contributed by atoms with E-state index in [0.717, 1.165) is 16.7 Å². The molecule has 34 heavy (non-hydrogen) atoms. The van der Waals surface area contributed by atoms with E-state index in [2.05, 4.69) is 21.2 Å². The maximum Gasteiger partial charge on any atom is 0.329 e. The number of benzene rings is 3. The largest absolute Gasteiger partial charge is 0.483 e. The quantitative estimate of drug-likeness (QED) is 0.285. The molecule has 0 aliphatic heterocycles. The number of hydrogen-bond acceptors (Lipinski definition) is 5. The summed E-state index contributed by atoms with van der Waals surface area (Å²) in [6.07, 6.45) is 1.34. The van der Waals surface area contributed by atoms with Crippen LogP contribution in [-0.4, -0.2) is 30.5 Å². The van der Waals surface area contributed by atoms with Crippen molar-refractivity contribution < 1.29 is 19.1 Å². The Labute approximate surface area is 198 Å². The van der Waals surface area contributed by atoms with E-state index in [4.69, 9.17) is 4.74 Å². The Hall–Kier alpha value is -4.46.